The van der Waals surface area contributed by atoms with Crippen molar-refractivity contribution in [3.63, 3.8) is 0 Å². The van der Waals surface area contributed by atoms with Crippen molar-refractivity contribution in [1.29, 1.82) is 0 Å². The van der Waals surface area contributed by atoms with Crippen LogP contribution in [0, 0.1) is 6.92 Å². The summed E-state index contributed by atoms with van der Waals surface area (Å²) in [4.78, 5) is 0. The second kappa shape index (κ2) is 5.81. The smallest absolute Gasteiger partial charge is 0.0618 e. The molecule has 1 aromatic carbocycles. The SMILES string of the molecule is C=C/C=C\C=C(/C)Nc1cc(C)ccc1N. The first kappa shape index (κ1) is 12.1. The molecule has 0 aromatic heterocycles. The third-order valence-corrected chi connectivity index (χ3v) is 2.13. The number of anilines is 2. The number of hydrogen-bond acceptors (Lipinski definition) is 2. The summed E-state index contributed by atoms with van der Waals surface area (Å²) in [5.41, 5.74) is 9.79. The highest BCUT2D eigenvalue weighted by atomic mass is 14.9. The van der Waals surface area contributed by atoms with Gasteiger partial charge >= 0.3 is 0 Å². The van der Waals surface area contributed by atoms with Crippen LogP contribution in [0.5, 0.6) is 0 Å². The zero-order valence-corrected chi connectivity index (χ0v) is 9.83. The van der Waals surface area contributed by atoms with Gasteiger partial charge in [-0.3, -0.25) is 0 Å². The molecule has 0 aliphatic carbocycles. The first-order chi connectivity index (χ1) is 7.63. The Morgan fingerprint density at radius 2 is 2.12 bits per heavy atom. The molecule has 0 unspecified atom stereocenters. The highest BCUT2D eigenvalue weighted by Gasteiger charge is 1.98. The second-order valence-electron chi connectivity index (χ2n) is 3.69. The average Bonchev–Trinajstić information content (AvgIpc) is 2.24. The summed E-state index contributed by atoms with van der Waals surface area (Å²) in [5.74, 6) is 0. The molecule has 0 bridgehead atoms. The molecule has 3 N–H and O–H groups in total. The van der Waals surface area contributed by atoms with E-state index < -0.39 is 0 Å². The molecule has 1 rings (SSSR count). The third-order valence-electron chi connectivity index (χ3n) is 2.13. The Morgan fingerprint density at radius 3 is 2.81 bits per heavy atom. The molecule has 0 radical (unpaired) electrons. The van der Waals surface area contributed by atoms with Gasteiger partial charge in [0.1, 0.15) is 0 Å². The number of nitrogen functional groups attached to an aromatic ring is 1. The number of benzene rings is 1. The van der Waals surface area contributed by atoms with Crippen LogP contribution in [0.1, 0.15) is 12.5 Å². The van der Waals surface area contributed by atoms with Crippen molar-refractivity contribution in [3.8, 4) is 0 Å². The fourth-order valence-corrected chi connectivity index (χ4v) is 1.31. The first-order valence-corrected chi connectivity index (χ1v) is 5.22. The fraction of sp³-hybridized carbons (Fsp3) is 0.143. The predicted octanol–water partition coefficient (Wildman–Crippen LogP) is 3.64. The zero-order valence-electron chi connectivity index (χ0n) is 9.83. The van der Waals surface area contributed by atoms with Crippen LogP contribution in [0.3, 0.4) is 0 Å². The molecular formula is C14H18N2. The predicted molar refractivity (Wildman–Crippen MR) is 72.3 cm³/mol. The van der Waals surface area contributed by atoms with Crippen molar-refractivity contribution in [1.82, 2.24) is 0 Å². The Kier molecular flexibility index (Phi) is 4.40. The van der Waals surface area contributed by atoms with Gasteiger partial charge in [0.25, 0.3) is 0 Å². The molecule has 0 spiro atoms. The summed E-state index contributed by atoms with van der Waals surface area (Å²) in [6.07, 6.45) is 7.53. The number of rotatable bonds is 4. The lowest BCUT2D eigenvalue weighted by molar-refractivity contribution is 1.36. The van der Waals surface area contributed by atoms with E-state index in [4.69, 9.17) is 5.73 Å². The third kappa shape index (κ3) is 3.65. The van der Waals surface area contributed by atoms with Gasteiger partial charge in [-0.05, 0) is 37.6 Å². The number of hydrogen-bond donors (Lipinski definition) is 2. The minimum Gasteiger partial charge on any atom is -0.397 e. The molecule has 0 fully saturated rings. The number of allylic oxidation sites excluding steroid dienone is 5. The maximum Gasteiger partial charge on any atom is 0.0618 e. The van der Waals surface area contributed by atoms with Crippen LogP contribution < -0.4 is 11.1 Å². The summed E-state index contributed by atoms with van der Waals surface area (Å²) in [6.45, 7) is 7.65. The van der Waals surface area contributed by atoms with Gasteiger partial charge in [0.2, 0.25) is 0 Å². The molecule has 0 aliphatic rings. The molecular weight excluding hydrogens is 196 g/mol. The van der Waals surface area contributed by atoms with E-state index in [1.54, 1.807) is 6.08 Å². The Hall–Kier alpha value is -1.96. The van der Waals surface area contributed by atoms with E-state index in [-0.39, 0.29) is 0 Å². The normalized spacial score (nSPS) is 11.8. The Labute approximate surface area is 97.2 Å². The minimum atomic E-state index is 0.756. The van der Waals surface area contributed by atoms with Crippen molar-refractivity contribution in [2.45, 2.75) is 13.8 Å². The van der Waals surface area contributed by atoms with Gasteiger partial charge in [0.05, 0.1) is 11.4 Å². The van der Waals surface area contributed by atoms with Gasteiger partial charge in [-0.1, -0.05) is 30.9 Å². The van der Waals surface area contributed by atoms with Gasteiger partial charge in [-0.2, -0.15) is 0 Å². The van der Waals surface area contributed by atoms with Gasteiger partial charge in [-0.15, -0.1) is 0 Å². The van der Waals surface area contributed by atoms with Gasteiger partial charge in [0.15, 0.2) is 0 Å². The standard InChI is InChI=1S/C14H18N2/c1-4-5-6-7-12(3)16-14-10-11(2)8-9-13(14)15/h4-10,16H,1,15H2,2-3H3/b6-5-,12-7+. The van der Waals surface area contributed by atoms with Crippen LogP contribution in [0.2, 0.25) is 0 Å². The van der Waals surface area contributed by atoms with Gasteiger partial charge in [-0.25, -0.2) is 0 Å². The average molecular weight is 214 g/mol. The Bertz CT molecular complexity index is 428. The van der Waals surface area contributed by atoms with Crippen LogP contribution in [-0.4, -0.2) is 0 Å². The minimum absolute atomic E-state index is 0.756. The number of nitrogens with two attached hydrogens (primary N) is 1. The monoisotopic (exact) mass is 214 g/mol. The number of aryl methyl sites for hydroxylation is 1. The molecule has 0 saturated heterocycles. The fourth-order valence-electron chi connectivity index (χ4n) is 1.31. The van der Waals surface area contributed by atoms with Crippen molar-refractivity contribution < 1.29 is 0 Å². The van der Waals surface area contributed by atoms with E-state index in [2.05, 4.69) is 11.9 Å². The zero-order chi connectivity index (χ0) is 12.0. The summed E-state index contributed by atoms with van der Waals surface area (Å²) in [5, 5.41) is 3.26. The van der Waals surface area contributed by atoms with Crippen molar-refractivity contribution in [2.24, 2.45) is 0 Å². The summed E-state index contributed by atoms with van der Waals surface area (Å²) < 4.78 is 0. The molecule has 16 heavy (non-hydrogen) atoms. The molecule has 2 heteroatoms. The van der Waals surface area contributed by atoms with E-state index >= 15 is 0 Å². The highest BCUT2D eigenvalue weighted by molar-refractivity contribution is 5.68. The molecule has 2 nitrogen and oxygen atoms in total. The van der Waals surface area contributed by atoms with Gasteiger partial charge < -0.3 is 11.1 Å². The molecule has 0 heterocycles. The second-order valence-corrected chi connectivity index (χ2v) is 3.69. The summed E-state index contributed by atoms with van der Waals surface area (Å²) in [6, 6.07) is 5.94. The maximum atomic E-state index is 5.87. The quantitative estimate of drug-likeness (QED) is 0.593. The van der Waals surface area contributed by atoms with Crippen molar-refractivity contribution >= 4 is 11.4 Å². The van der Waals surface area contributed by atoms with Gasteiger partial charge in [0, 0.05) is 5.70 Å². The molecule has 1 aromatic rings. The summed E-state index contributed by atoms with van der Waals surface area (Å²) in [7, 11) is 0. The van der Waals surface area contributed by atoms with E-state index in [1.165, 1.54) is 5.56 Å². The Balaban J connectivity index is 2.79. The van der Waals surface area contributed by atoms with E-state index in [0.717, 1.165) is 17.1 Å². The first-order valence-electron chi connectivity index (χ1n) is 5.22. The molecule has 0 amide bonds. The van der Waals surface area contributed by atoms with E-state index in [0.29, 0.717) is 0 Å². The largest absolute Gasteiger partial charge is 0.397 e. The van der Waals surface area contributed by atoms with Crippen molar-refractivity contribution in [3.05, 3.63) is 60.3 Å². The van der Waals surface area contributed by atoms with Crippen LogP contribution in [-0.2, 0) is 0 Å². The number of nitrogens with one attached hydrogen (secondary N) is 1. The molecule has 84 valence electrons. The van der Waals surface area contributed by atoms with Crippen LogP contribution in [0.25, 0.3) is 0 Å². The van der Waals surface area contributed by atoms with E-state index in [9.17, 15) is 0 Å². The summed E-state index contributed by atoms with van der Waals surface area (Å²) >= 11 is 0. The maximum absolute atomic E-state index is 5.87. The lowest BCUT2D eigenvalue weighted by atomic mass is 10.2. The lowest BCUT2D eigenvalue weighted by Gasteiger charge is -2.09. The van der Waals surface area contributed by atoms with Crippen LogP contribution >= 0.6 is 0 Å². The molecule has 0 saturated carbocycles. The van der Waals surface area contributed by atoms with Crippen molar-refractivity contribution in [2.75, 3.05) is 11.1 Å². The van der Waals surface area contributed by atoms with Crippen LogP contribution in [0.15, 0.2) is 54.8 Å². The van der Waals surface area contributed by atoms with Crippen LogP contribution in [0.4, 0.5) is 11.4 Å². The topological polar surface area (TPSA) is 38.0 Å². The molecule has 0 atom stereocenters. The molecule has 0 aliphatic heterocycles. The Morgan fingerprint density at radius 1 is 1.38 bits per heavy atom. The van der Waals surface area contributed by atoms with E-state index in [1.807, 2.05) is 50.3 Å². The lowest BCUT2D eigenvalue weighted by Crippen LogP contribution is -1.99. The highest BCUT2D eigenvalue weighted by Crippen LogP contribution is 2.21.